The lowest BCUT2D eigenvalue weighted by atomic mass is 10.3. The van der Waals surface area contributed by atoms with E-state index in [1.165, 1.54) is 30.5 Å². The van der Waals surface area contributed by atoms with Crippen molar-refractivity contribution in [2.75, 3.05) is 5.32 Å². The molecule has 0 unspecified atom stereocenters. The fourth-order valence-electron chi connectivity index (χ4n) is 1.47. The summed E-state index contributed by atoms with van der Waals surface area (Å²) in [6, 6.07) is 5.35. The molecule has 0 saturated carbocycles. The third-order valence-corrected chi connectivity index (χ3v) is 3.48. The highest BCUT2D eigenvalue weighted by Crippen LogP contribution is 2.15. The van der Waals surface area contributed by atoms with E-state index >= 15 is 0 Å². The van der Waals surface area contributed by atoms with Crippen molar-refractivity contribution in [3.05, 3.63) is 60.5 Å². The van der Waals surface area contributed by atoms with Gasteiger partial charge in [0.05, 0.1) is 4.90 Å². The number of hydrogen-bond donors (Lipinski definition) is 2. The van der Waals surface area contributed by atoms with Crippen LogP contribution in [0.25, 0.3) is 0 Å². The molecule has 5 nitrogen and oxygen atoms in total. The van der Waals surface area contributed by atoms with E-state index in [9.17, 15) is 17.2 Å². The van der Waals surface area contributed by atoms with Gasteiger partial charge in [0, 0.05) is 18.1 Å². The Kier molecular flexibility index (Phi) is 6.80. The van der Waals surface area contributed by atoms with Gasteiger partial charge in [-0.1, -0.05) is 18.7 Å². The van der Waals surface area contributed by atoms with Crippen LogP contribution in [-0.4, -0.2) is 21.1 Å². The zero-order valence-corrected chi connectivity index (χ0v) is 13.2. The van der Waals surface area contributed by atoms with Gasteiger partial charge < -0.3 is 5.32 Å². The van der Waals surface area contributed by atoms with Crippen molar-refractivity contribution in [1.82, 2.24) is 0 Å². The molecule has 0 aromatic heterocycles. The first kappa shape index (κ1) is 18.7. The van der Waals surface area contributed by atoms with E-state index in [1.807, 2.05) is 0 Å². The van der Waals surface area contributed by atoms with Crippen LogP contribution in [0.1, 0.15) is 6.92 Å². The number of nitrogens with one attached hydrogen (secondary N) is 1. The molecule has 1 aromatic rings. The molecule has 1 rings (SSSR count). The van der Waals surface area contributed by atoms with Crippen molar-refractivity contribution in [3.63, 3.8) is 0 Å². The Morgan fingerprint density at radius 1 is 1.35 bits per heavy atom. The fraction of sp³-hybridized carbons (Fsp3) is 0.133. The average molecular weight is 341 g/mol. The molecule has 0 spiro atoms. The van der Waals surface area contributed by atoms with Crippen LogP contribution >= 0.6 is 0 Å². The van der Waals surface area contributed by atoms with Crippen molar-refractivity contribution >= 4 is 21.9 Å². The first-order valence-corrected chi connectivity index (χ1v) is 8.02. The SMILES string of the molecule is C=C(C=N/C(=C\Nc1ccc(S(N)(=O)=O)cc1)C(F)F)/C=C\C. The van der Waals surface area contributed by atoms with Crippen molar-refractivity contribution in [2.45, 2.75) is 18.2 Å². The van der Waals surface area contributed by atoms with Crippen LogP contribution in [0.4, 0.5) is 14.5 Å². The Balaban J connectivity index is 2.88. The summed E-state index contributed by atoms with van der Waals surface area (Å²) >= 11 is 0. The number of anilines is 1. The molecule has 0 radical (unpaired) electrons. The predicted octanol–water partition coefficient (Wildman–Crippen LogP) is 3.06. The predicted molar refractivity (Wildman–Crippen MR) is 88.0 cm³/mol. The lowest BCUT2D eigenvalue weighted by Crippen LogP contribution is -2.11. The Hall–Kier alpha value is -2.32. The highest BCUT2D eigenvalue weighted by molar-refractivity contribution is 7.89. The Morgan fingerprint density at radius 2 is 1.96 bits per heavy atom. The van der Waals surface area contributed by atoms with E-state index in [-0.39, 0.29) is 4.90 Å². The molecule has 0 bridgehead atoms. The van der Waals surface area contributed by atoms with Crippen LogP contribution < -0.4 is 10.5 Å². The zero-order chi connectivity index (χ0) is 17.5. The minimum Gasteiger partial charge on any atom is -0.360 e. The molecule has 0 amide bonds. The van der Waals surface area contributed by atoms with E-state index in [4.69, 9.17) is 5.14 Å². The number of primary sulfonamides is 1. The molecular weight excluding hydrogens is 324 g/mol. The van der Waals surface area contributed by atoms with Crippen molar-refractivity contribution in [3.8, 4) is 0 Å². The average Bonchev–Trinajstić information content (AvgIpc) is 2.46. The van der Waals surface area contributed by atoms with E-state index in [0.29, 0.717) is 11.3 Å². The van der Waals surface area contributed by atoms with Crippen LogP contribution in [0.5, 0.6) is 0 Å². The second kappa shape index (κ2) is 8.35. The first-order chi connectivity index (χ1) is 10.7. The number of allylic oxidation sites excluding steroid dienone is 4. The van der Waals surface area contributed by atoms with Crippen LogP contribution in [0.3, 0.4) is 0 Å². The number of halogens is 2. The second-order valence-corrected chi connectivity index (χ2v) is 5.98. The van der Waals surface area contributed by atoms with Crippen LogP contribution in [0.2, 0.25) is 0 Å². The summed E-state index contributed by atoms with van der Waals surface area (Å²) in [6.07, 6.45) is 2.83. The number of alkyl halides is 2. The Bertz CT molecular complexity index is 736. The maximum Gasteiger partial charge on any atom is 0.281 e. The third kappa shape index (κ3) is 6.54. The van der Waals surface area contributed by atoms with E-state index in [0.717, 1.165) is 6.20 Å². The summed E-state index contributed by atoms with van der Waals surface area (Å²) in [5, 5.41) is 7.59. The summed E-state index contributed by atoms with van der Waals surface area (Å²) in [5.41, 5.74) is 0.417. The molecule has 0 heterocycles. The minimum absolute atomic E-state index is 0.0678. The lowest BCUT2D eigenvalue weighted by Gasteiger charge is -2.05. The van der Waals surface area contributed by atoms with Gasteiger partial charge in [-0.2, -0.15) is 0 Å². The first-order valence-electron chi connectivity index (χ1n) is 6.47. The molecule has 0 aliphatic heterocycles. The normalized spacial score (nSPS) is 13.2. The molecule has 0 atom stereocenters. The van der Waals surface area contributed by atoms with E-state index in [1.54, 1.807) is 19.1 Å². The van der Waals surface area contributed by atoms with Gasteiger partial charge in [-0.3, -0.25) is 4.99 Å². The maximum atomic E-state index is 12.9. The molecule has 0 aliphatic rings. The van der Waals surface area contributed by atoms with Crippen LogP contribution in [-0.2, 0) is 10.0 Å². The number of nitrogens with zero attached hydrogens (tertiary/aromatic N) is 1. The molecule has 0 fully saturated rings. The number of sulfonamides is 1. The second-order valence-electron chi connectivity index (χ2n) is 4.42. The smallest absolute Gasteiger partial charge is 0.281 e. The number of nitrogens with two attached hydrogens (primary N) is 1. The summed E-state index contributed by atoms with van der Waals surface area (Å²) < 4.78 is 48.0. The standard InChI is InChI=1S/C15H17F2N3O2S/c1-3-4-11(2)9-20-14(15(16)17)10-19-12-5-7-13(8-6-12)23(18,21)22/h3-10,15,19H,2H2,1H3,(H2,18,21,22)/b4-3-,14-10-,20-9?. The van der Waals surface area contributed by atoms with Crippen LogP contribution in [0, 0.1) is 0 Å². The van der Waals surface area contributed by atoms with Crippen molar-refractivity contribution in [1.29, 1.82) is 0 Å². The topological polar surface area (TPSA) is 84.5 Å². The van der Waals surface area contributed by atoms with Gasteiger partial charge in [0.2, 0.25) is 10.0 Å². The Labute approximate surface area is 134 Å². The molecule has 124 valence electrons. The van der Waals surface area contributed by atoms with Crippen molar-refractivity contribution < 1.29 is 17.2 Å². The fourth-order valence-corrected chi connectivity index (χ4v) is 1.98. The molecule has 8 heteroatoms. The van der Waals surface area contributed by atoms with Gasteiger partial charge in [0.15, 0.2) is 0 Å². The summed E-state index contributed by atoms with van der Waals surface area (Å²) in [5.74, 6) is 0. The highest BCUT2D eigenvalue weighted by Gasteiger charge is 2.10. The summed E-state index contributed by atoms with van der Waals surface area (Å²) in [4.78, 5) is 3.60. The van der Waals surface area contributed by atoms with Crippen LogP contribution in [0.15, 0.2) is 70.4 Å². The molecule has 1 aromatic carbocycles. The minimum atomic E-state index is -3.79. The lowest BCUT2D eigenvalue weighted by molar-refractivity contribution is 0.188. The van der Waals surface area contributed by atoms with Gasteiger partial charge >= 0.3 is 0 Å². The van der Waals surface area contributed by atoms with E-state index in [2.05, 4.69) is 16.9 Å². The number of hydrogen-bond acceptors (Lipinski definition) is 4. The third-order valence-electron chi connectivity index (χ3n) is 2.55. The van der Waals surface area contributed by atoms with Gasteiger partial charge in [0.25, 0.3) is 6.43 Å². The van der Waals surface area contributed by atoms with Gasteiger partial charge in [-0.25, -0.2) is 22.3 Å². The highest BCUT2D eigenvalue weighted by atomic mass is 32.2. The number of aliphatic imine (C=N–C) groups is 1. The molecule has 0 aliphatic carbocycles. The van der Waals surface area contributed by atoms with Gasteiger partial charge in [-0.05, 0) is 36.8 Å². The molecular formula is C15H17F2N3O2S. The van der Waals surface area contributed by atoms with Crippen molar-refractivity contribution in [2.24, 2.45) is 10.1 Å². The molecule has 0 saturated heterocycles. The summed E-state index contributed by atoms with van der Waals surface area (Å²) in [7, 11) is -3.79. The Morgan fingerprint density at radius 3 is 2.43 bits per heavy atom. The van der Waals surface area contributed by atoms with E-state index < -0.39 is 22.1 Å². The number of benzene rings is 1. The summed E-state index contributed by atoms with van der Waals surface area (Å²) in [6.45, 7) is 5.40. The van der Waals surface area contributed by atoms with Gasteiger partial charge in [-0.15, -0.1) is 0 Å². The largest absolute Gasteiger partial charge is 0.360 e. The maximum absolute atomic E-state index is 12.9. The quantitative estimate of drug-likeness (QED) is 0.590. The monoisotopic (exact) mass is 341 g/mol. The number of rotatable bonds is 7. The van der Waals surface area contributed by atoms with Gasteiger partial charge in [0.1, 0.15) is 5.70 Å². The molecule has 23 heavy (non-hydrogen) atoms. The molecule has 3 N–H and O–H groups in total. The zero-order valence-electron chi connectivity index (χ0n) is 12.4.